The summed E-state index contributed by atoms with van der Waals surface area (Å²) in [6.07, 6.45) is 10.1. The first-order chi connectivity index (χ1) is 14.2. The van der Waals surface area contributed by atoms with Crippen molar-refractivity contribution in [1.82, 2.24) is 19.7 Å². The third-order valence-corrected chi connectivity index (χ3v) is 5.49. The highest BCUT2D eigenvalue weighted by molar-refractivity contribution is 5.66. The normalized spacial score (nSPS) is 15.7. The molecule has 0 saturated heterocycles. The van der Waals surface area contributed by atoms with Crippen LogP contribution in [0.4, 0.5) is 5.82 Å². The molecule has 2 N–H and O–H groups in total. The maximum absolute atomic E-state index is 7.35. The fourth-order valence-electron chi connectivity index (χ4n) is 4.11. The highest BCUT2D eigenvalue weighted by atomic mass is 16.7. The molecule has 1 atom stereocenters. The topological polar surface area (TPSA) is 92.4 Å². The Balaban J connectivity index is 1.89. The zero-order chi connectivity index (χ0) is 20.6. The van der Waals surface area contributed by atoms with Crippen molar-refractivity contribution in [2.75, 3.05) is 25.5 Å². The zero-order valence-corrected chi connectivity index (χ0v) is 17.3. The largest absolute Gasteiger partial charge is 0.383 e. The second-order valence-corrected chi connectivity index (χ2v) is 7.29. The van der Waals surface area contributed by atoms with E-state index in [0.29, 0.717) is 37.9 Å². The van der Waals surface area contributed by atoms with Crippen LogP contribution in [0.3, 0.4) is 0 Å². The molecule has 156 valence electrons. The Morgan fingerprint density at radius 1 is 1.24 bits per heavy atom. The van der Waals surface area contributed by atoms with E-state index in [1.807, 2.05) is 24.7 Å². The molecule has 29 heavy (non-hydrogen) atoms. The molecule has 0 aliphatic heterocycles. The van der Waals surface area contributed by atoms with Gasteiger partial charge in [0.1, 0.15) is 18.2 Å². The third-order valence-electron chi connectivity index (χ3n) is 5.49. The molecule has 1 saturated carbocycles. The fourth-order valence-corrected chi connectivity index (χ4v) is 4.11. The van der Waals surface area contributed by atoms with Crippen LogP contribution in [0.5, 0.6) is 0 Å². The van der Waals surface area contributed by atoms with E-state index >= 15 is 0 Å². The first-order valence-electron chi connectivity index (χ1n) is 10.4. The van der Waals surface area contributed by atoms with Crippen LogP contribution in [-0.4, -0.2) is 45.8 Å². The summed E-state index contributed by atoms with van der Waals surface area (Å²) in [5, 5.41) is 4.59. The van der Waals surface area contributed by atoms with Crippen molar-refractivity contribution in [2.45, 2.75) is 58.3 Å². The molecule has 0 amide bonds. The molecular formula is C21H30N6O2. The van der Waals surface area contributed by atoms with Crippen molar-refractivity contribution in [3.05, 3.63) is 35.7 Å². The van der Waals surface area contributed by atoms with E-state index in [2.05, 4.69) is 19.9 Å². The predicted octanol–water partition coefficient (Wildman–Crippen LogP) is 3.51. The average molecular weight is 399 g/mol. The molecule has 0 bridgehead atoms. The number of hydrogen-bond acceptors (Lipinski definition) is 6. The zero-order valence-electron chi connectivity index (χ0n) is 17.3. The summed E-state index contributed by atoms with van der Waals surface area (Å²) in [6, 6.07) is 0.103. The van der Waals surface area contributed by atoms with Crippen LogP contribution >= 0.6 is 0 Å². The lowest BCUT2D eigenvalue weighted by Gasteiger charge is -2.19. The van der Waals surface area contributed by atoms with Gasteiger partial charge >= 0.3 is 0 Å². The lowest BCUT2D eigenvalue weighted by Crippen LogP contribution is -2.22. The first-order valence-corrected chi connectivity index (χ1v) is 10.4. The van der Waals surface area contributed by atoms with Crippen molar-refractivity contribution in [1.29, 1.82) is 0 Å². The molecule has 3 rings (SSSR count). The summed E-state index contributed by atoms with van der Waals surface area (Å²) in [6.45, 7) is 12.8. The molecule has 0 spiro atoms. The summed E-state index contributed by atoms with van der Waals surface area (Å²) in [7, 11) is 0. The van der Waals surface area contributed by atoms with Gasteiger partial charge in [0, 0.05) is 37.0 Å². The standard InChI is InChI=1S/C21H30N6O2/c1-4-28-19(29-5-2)10-17-20(24-14-25-21(17)22)16-11-26-27(13-16)18(12-23-3)15-8-6-7-9-15/h11,13-15,18-19H,4-10,12H2,1-2H3,(H2,22,24,25)/t18-/m1/s1. The molecule has 0 radical (unpaired) electrons. The number of ether oxygens (including phenoxy) is 2. The van der Waals surface area contributed by atoms with E-state index in [-0.39, 0.29) is 6.04 Å². The third kappa shape index (κ3) is 5.11. The van der Waals surface area contributed by atoms with Gasteiger partial charge in [-0.3, -0.25) is 4.68 Å². The number of nitrogens with two attached hydrogens (primary N) is 1. The van der Waals surface area contributed by atoms with Crippen LogP contribution < -0.4 is 5.73 Å². The predicted molar refractivity (Wildman–Crippen MR) is 111 cm³/mol. The number of rotatable bonds is 10. The van der Waals surface area contributed by atoms with Gasteiger partial charge in [-0.15, -0.1) is 0 Å². The quantitative estimate of drug-likeness (QED) is 0.486. The Kier molecular flexibility index (Phi) is 7.55. The average Bonchev–Trinajstić information content (AvgIpc) is 3.40. The maximum atomic E-state index is 7.35. The molecule has 2 aromatic heterocycles. The molecule has 8 nitrogen and oxygen atoms in total. The van der Waals surface area contributed by atoms with Gasteiger partial charge < -0.3 is 20.1 Å². The number of aromatic nitrogens is 4. The molecule has 1 aliphatic carbocycles. The monoisotopic (exact) mass is 398 g/mol. The molecule has 1 aliphatic rings. The van der Waals surface area contributed by atoms with E-state index in [0.717, 1.165) is 29.7 Å². The van der Waals surface area contributed by atoms with Crippen molar-refractivity contribution in [2.24, 2.45) is 5.92 Å². The minimum absolute atomic E-state index is 0.103. The van der Waals surface area contributed by atoms with Gasteiger partial charge in [-0.2, -0.15) is 5.10 Å². The van der Waals surface area contributed by atoms with Crippen molar-refractivity contribution < 1.29 is 9.47 Å². The van der Waals surface area contributed by atoms with E-state index in [1.54, 1.807) is 6.20 Å². The van der Waals surface area contributed by atoms with Crippen molar-refractivity contribution in [3.8, 4) is 11.3 Å². The van der Waals surface area contributed by atoms with E-state index in [9.17, 15) is 0 Å². The van der Waals surface area contributed by atoms with Crippen LogP contribution in [0.1, 0.15) is 51.1 Å². The summed E-state index contributed by atoms with van der Waals surface area (Å²) in [5.41, 5.74) is 8.58. The minimum atomic E-state index is -0.402. The number of nitrogen functional groups attached to an aromatic ring is 1. The van der Waals surface area contributed by atoms with Gasteiger partial charge in [-0.1, -0.05) is 12.8 Å². The number of nitrogens with zero attached hydrogens (tertiary/aromatic N) is 5. The minimum Gasteiger partial charge on any atom is -0.383 e. The van der Waals surface area contributed by atoms with Gasteiger partial charge in [0.15, 0.2) is 6.29 Å². The van der Waals surface area contributed by atoms with E-state index in [1.165, 1.54) is 19.2 Å². The summed E-state index contributed by atoms with van der Waals surface area (Å²) in [4.78, 5) is 12.3. The Hall–Kier alpha value is -2.50. The summed E-state index contributed by atoms with van der Waals surface area (Å²) >= 11 is 0. The van der Waals surface area contributed by atoms with E-state index < -0.39 is 6.29 Å². The SMILES string of the molecule is [C-]#[N+]C[C@H](C1CCCC1)n1cc(-c2ncnc(N)c2CC(OCC)OCC)cn1. The molecule has 0 aromatic carbocycles. The first kappa shape index (κ1) is 21.2. The Labute approximate surface area is 172 Å². The summed E-state index contributed by atoms with van der Waals surface area (Å²) < 4.78 is 13.3. The lowest BCUT2D eigenvalue weighted by molar-refractivity contribution is -0.134. The highest BCUT2D eigenvalue weighted by Crippen LogP contribution is 2.35. The number of hydrogen-bond donors (Lipinski definition) is 1. The van der Waals surface area contributed by atoms with Gasteiger partial charge in [-0.25, -0.2) is 16.5 Å². The molecule has 1 fully saturated rings. The van der Waals surface area contributed by atoms with Crippen LogP contribution in [-0.2, 0) is 15.9 Å². The van der Waals surface area contributed by atoms with Crippen molar-refractivity contribution in [3.63, 3.8) is 0 Å². The van der Waals surface area contributed by atoms with Gasteiger partial charge in [-0.05, 0) is 32.6 Å². The van der Waals surface area contributed by atoms with Crippen LogP contribution in [0.15, 0.2) is 18.7 Å². The van der Waals surface area contributed by atoms with Gasteiger partial charge in [0.05, 0.1) is 11.9 Å². The molecular weight excluding hydrogens is 368 g/mol. The Morgan fingerprint density at radius 3 is 2.62 bits per heavy atom. The summed E-state index contributed by atoms with van der Waals surface area (Å²) in [5.74, 6) is 0.924. The second kappa shape index (κ2) is 10.3. The van der Waals surface area contributed by atoms with Gasteiger partial charge in [0.25, 0.3) is 0 Å². The van der Waals surface area contributed by atoms with Crippen LogP contribution in [0.25, 0.3) is 16.1 Å². The van der Waals surface area contributed by atoms with Crippen LogP contribution in [0, 0.1) is 12.5 Å². The Morgan fingerprint density at radius 2 is 1.97 bits per heavy atom. The van der Waals surface area contributed by atoms with Crippen LogP contribution in [0.2, 0.25) is 0 Å². The van der Waals surface area contributed by atoms with Crippen molar-refractivity contribution >= 4 is 5.82 Å². The Bertz CT molecular complexity index is 819. The second-order valence-electron chi connectivity index (χ2n) is 7.29. The smallest absolute Gasteiger partial charge is 0.237 e. The lowest BCUT2D eigenvalue weighted by atomic mass is 9.98. The highest BCUT2D eigenvalue weighted by Gasteiger charge is 2.30. The number of anilines is 1. The molecule has 0 unspecified atom stereocenters. The van der Waals surface area contributed by atoms with E-state index in [4.69, 9.17) is 21.8 Å². The molecule has 8 heteroatoms. The molecule has 2 aromatic rings. The fraction of sp³-hybridized carbons (Fsp3) is 0.619. The molecule has 2 heterocycles. The maximum Gasteiger partial charge on any atom is 0.237 e. The van der Waals surface area contributed by atoms with Gasteiger partial charge in [0.2, 0.25) is 6.54 Å².